The van der Waals surface area contributed by atoms with Crippen LogP contribution in [0, 0.1) is 0 Å². The largest absolute Gasteiger partial charge is 0.148 e. The molecule has 0 saturated carbocycles. The summed E-state index contributed by atoms with van der Waals surface area (Å²) in [5, 5.41) is 11.0. The fraction of sp³-hybridized carbons (Fsp3) is 0.800. The lowest BCUT2D eigenvalue weighted by atomic mass is 10.1. The SMILES string of the molecule is CCC(Br)c1nnc(C2(C)CCCS2)s1. The fourth-order valence-electron chi connectivity index (χ4n) is 1.70. The summed E-state index contributed by atoms with van der Waals surface area (Å²) < 4.78 is 0.233. The van der Waals surface area contributed by atoms with Gasteiger partial charge in [0.05, 0.1) is 9.57 Å². The normalized spacial score (nSPS) is 28.2. The highest BCUT2D eigenvalue weighted by Crippen LogP contribution is 2.47. The molecule has 0 radical (unpaired) electrons. The van der Waals surface area contributed by atoms with Gasteiger partial charge in [0.2, 0.25) is 0 Å². The van der Waals surface area contributed by atoms with Crippen molar-refractivity contribution in [3.8, 4) is 0 Å². The Hall–Kier alpha value is 0.390. The van der Waals surface area contributed by atoms with E-state index in [1.807, 2.05) is 11.8 Å². The third kappa shape index (κ3) is 2.39. The van der Waals surface area contributed by atoms with Crippen molar-refractivity contribution >= 4 is 39.0 Å². The van der Waals surface area contributed by atoms with Crippen LogP contribution in [0.15, 0.2) is 0 Å². The highest BCUT2D eigenvalue weighted by molar-refractivity contribution is 9.09. The maximum Gasteiger partial charge on any atom is 0.133 e. The molecule has 84 valence electrons. The van der Waals surface area contributed by atoms with E-state index in [9.17, 15) is 0 Å². The topological polar surface area (TPSA) is 25.8 Å². The first-order chi connectivity index (χ1) is 7.15. The van der Waals surface area contributed by atoms with E-state index in [-0.39, 0.29) is 4.75 Å². The van der Waals surface area contributed by atoms with Crippen molar-refractivity contribution in [3.63, 3.8) is 0 Å². The molecule has 2 rings (SSSR count). The Bertz CT molecular complexity index is 334. The van der Waals surface area contributed by atoms with Crippen molar-refractivity contribution in [1.82, 2.24) is 10.2 Å². The van der Waals surface area contributed by atoms with Gasteiger partial charge >= 0.3 is 0 Å². The molecule has 2 heterocycles. The summed E-state index contributed by atoms with van der Waals surface area (Å²) in [7, 11) is 0. The lowest BCUT2D eigenvalue weighted by Gasteiger charge is -2.17. The van der Waals surface area contributed by atoms with Gasteiger partial charge in [0.25, 0.3) is 0 Å². The molecule has 2 nitrogen and oxygen atoms in total. The Balaban J connectivity index is 2.19. The molecule has 2 atom stereocenters. The van der Waals surface area contributed by atoms with Crippen molar-refractivity contribution in [1.29, 1.82) is 0 Å². The fourth-order valence-corrected chi connectivity index (χ4v) is 4.54. The van der Waals surface area contributed by atoms with Crippen LogP contribution in [0.4, 0.5) is 0 Å². The van der Waals surface area contributed by atoms with Gasteiger partial charge in [-0.05, 0) is 31.9 Å². The summed E-state index contributed by atoms with van der Waals surface area (Å²) >= 11 is 7.42. The average molecular weight is 307 g/mol. The molecule has 0 bridgehead atoms. The number of halogens is 1. The van der Waals surface area contributed by atoms with Crippen LogP contribution in [-0.4, -0.2) is 16.0 Å². The van der Waals surface area contributed by atoms with Gasteiger partial charge in [0.15, 0.2) is 0 Å². The Labute approximate surface area is 107 Å². The maximum absolute atomic E-state index is 4.36. The van der Waals surface area contributed by atoms with E-state index in [4.69, 9.17) is 0 Å². The first kappa shape index (κ1) is 11.9. The Kier molecular flexibility index (Phi) is 3.73. The molecule has 1 fully saturated rings. The Morgan fingerprint density at radius 3 is 2.93 bits per heavy atom. The zero-order chi connectivity index (χ0) is 10.9. The minimum Gasteiger partial charge on any atom is -0.148 e. The van der Waals surface area contributed by atoms with Gasteiger partial charge in [0.1, 0.15) is 10.0 Å². The zero-order valence-corrected chi connectivity index (χ0v) is 12.2. The van der Waals surface area contributed by atoms with Crippen LogP contribution >= 0.6 is 39.0 Å². The third-order valence-electron chi connectivity index (χ3n) is 2.74. The molecule has 1 saturated heterocycles. The molecule has 0 amide bonds. The predicted molar refractivity (Wildman–Crippen MR) is 70.9 cm³/mol. The molecule has 0 spiro atoms. The highest BCUT2D eigenvalue weighted by atomic mass is 79.9. The molecule has 1 aromatic rings. The number of nitrogens with zero attached hydrogens (tertiary/aromatic N) is 2. The zero-order valence-electron chi connectivity index (χ0n) is 8.99. The van der Waals surface area contributed by atoms with Gasteiger partial charge in [-0.3, -0.25) is 0 Å². The number of rotatable bonds is 3. The van der Waals surface area contributed by atoms with Crippen molar-refractivity contribution in [2.75, 3.05) is 5.75 Å². The van der Waals surface area contributed by atoms with E-state index in [1.165, 1.54) is 23.6 Å². The number of aromatic nitrogens is 2. The van der Waals surface area contributed by atoms with Gasteiger partial charge < -0.3 is 0 Å². The summed E-state index contributed by atoms with van der Waals surface area (Å²) in [6.45, 7) is 4.46. The minimum absolute atomic E-state index is 0.233. The van der Waals surface area contributed by atoms with Gasteiger partial charge in [-0.1, -0.05) is 34.2 Å². The van der Waals surface area contributed by atoms with Crippen molar-refractivity contribution in [3.05, 3.63) is 10.0 Å². The third-order valence-corrected chi connectivity index (χ3v) is 7.08. The summed E-state index contributed by atoms with van der Waals surface area (Å²) in [5.41, 5.74) is 0. The van der Waals surface area contributed by atoms with E-state index in [0.717, 1.165) is 11.4 Å². The minimum atomic E-state index is 0.233. The maximum atomic E-state index is 4.36. The van der Waals surface area contributed by atoms with Crippen LogP contribution in [0.5, 0.6) is 0 Å². The molecule has 15 heavy (non-hydrogen) atoms. The van der Waals surface area contributed by atoms with Gasteiger partial charge in [-0.2, -0.15) is 0 Å². The van der Waals surface area contributed by atoms with Crippen molar-refractivity contribution in [2.24, 2.45) is 0 Å². The van der Waals surface area contributed by atoms with Gasteiger partial charge in [-0.25, -0.2) is 0 Å². The number of alkyl halides is 1. The molecule has 0 aliphatic carbocycles. The second-order valence-electron chi connectivity index (χ2n) is 4.00. The highest BCUT2D eigenvalue weighted by Gasteiger charge is 2.35. The van der Waals surface area contributed by atoms with Crippen molar-refractivity contribution in [2.45, 2.75) is 42.7 Å². The van der Waals surface area contributed by atoms with Gasteiger partial charge in [-0.15, -0.1) is 22.0 Å². The van der Waals surface area contributed by atoms with E-state index >= 15 is 0 Å². The molecule has 2 unspecified atom stereocenters. The lowest BCUT2D eigenvalue weighted by molar-refractivity contribution is 0.633. The first-order valence-electron chi connectivity index (χ1n) is 5.27. The first-order valence-corrected chi connectivity index (χ1v) is 7.99. The van der Waals surface area contributed by atoms with Crippen LogP contribution in [0.25, 0.3) is 0 Å². The molecule has 1 aliphatic heterocycles. The van der Waals surface area contributed by atoms with Gasteiger partial charge in [0, 0.05) is 0 Å². The Morgan fingerprint density at radius 1 is 1.53 bits per heavy atom. The second-order valence-corrected chi connectivity index (χ2v) is 7.72. The van der Waals surface area contributed by atoms with E-state index < -0.39 is 0 Å². The molecule has 5 heteroatoms. The molecular weight excluding hydrogens is 292 g/mol. The monoisotopic (exact) mass is 306 g/mol. The smallest absolute Gasteiger partial charge is 0.133 e. The summed E-state index contributed by atoms with van der Waals surface area (Å²) in [6.07, 6.45) is 3.62. The second kappa shape index (κ2) is 4.72. The number of thioether (sulfide) groups is 1. The van der Waals surface area contributed by atoms with Crippen LogP contribution in [0.2, 0.25) is 0 Å². The van der Waals surface area contributed by atoms with E-state index in [0.29, 0.717) is 4.83 Å². The predicted octanol–water partition coefficient (Wildman–Crippen LogP) is 4.13. The molecular formula is C10H15BrN2S2. The number of hydrogen-bond acceptors (Lipinski definition) is 4. The Morgan fingerprint density at radius 2 is 2.33 bits per heavy atom. The summed E-state index contributed by atoms with van der Waals surface area (Å²) in [5.74, 6) is 1.26. The van der Waals surface area contributed by atoms with Crippen LogP contribution in [0.1, 0.15) is 48.0 Å². The average Bonchev–Trinajstić information content (AvgIpc) is 2.85. The van der Waals surface area contributed by atoms with E-state index in [1.54, 1.807) is 11.3 Å². The standard InChI is InChI=1S/C10H15BrN2S2/c1-3-7(11)8-12-13-9(15-8)10(2)5-4-6-14-10/h7H,3-6H2,1-2H3. The summed E-state index contributed by atoms with van der Waals surface area (Å²) in [4.78, 5) is 0.374. The van der Waals surface area contributed by atoms with Crippen LogP contribution < -0.4 is 0 Å². The molecule has 1 aromatic heterocycles. The quantitative estimate of drug-likeness (QED) is 0.785. The number of hydrogen-bond donors (Lipinski definition) is 0. The van der Waals surface area contributed by atoms with E-state index in [2.05, 4.69) is 40.0 Å². The van der Waals surface area contributed by atoms with Crippen molar-refractivity contribution < 1.29 is 0 Å². The molecule has 0 N–H and O–H groups in total. The lowest BCUT2D eigenvalue weighted by Crippen LogP contribution is -2.11. The molecule has 1 aliphatic rings. The van der Waals surface area contributed by atoms with Crippen LogP contribution in [0.3, 0.4) is 0 Å². The molecule has 0 aromatic carbocycles. The summed E-state index contributed by atoms with van der Waals surface area (Å²) in [6, 6.07) is 0. The van der Waals surface area contributed by atoms with Crippen LogP contribution in [-0.2, 0) is 4.75 Å².